The Hall–Kier alpha value is -0.200. The highest BCUT2D eigenvalue weighted by atomic mass is 17.5. The highest BCUT2D eigenvalue weighted by molar-refractivity contribution is 4.52. The first-order chi connectivity index (χ1) is 7.27. The molecular formula is C10H24N2O3. The third kappa shape index (κ3) is 13.8. The second-order valence-electron chi connectivity index (χ2n) is 3.82. The van der Waals surface area contributed by atoms with Gasteiger partial charge in [0.2, 0.25) is 0 Å². The Labute approximate surface area is 91.6 Å². The van der Waals surface area contributed by atoms with Crippen LogP contribution in [-0.2, 0) is 9.93 Å². The van der Waals surface area contributed by atoms with Crippen molar-refractivity contribution in [3.8, 4) is 0 Å². The summed E-state index contributed by atoms with van der Waals surface area (Å²) in [5.74, 6) is 0. The van der Waals surface area contributed by atoms with Crippen LogP contribution in [0.15, 0.2) is 0 Å². The van der Waals surface area contributed by atoms with Crippen molar-refractivity contribution in [3.05, 3.63) is 0 Å². The van der Waals surface area contributed by atoms with Crippen LogP contribution in [0.2, 0.25) is 0 Å². The standard InChI is InChI=1S/C10H24N2O3/c11-10(12)8-6-4-2-1-3-5-7-9-14-15-13/h10,13H,1-9,11-12H2. The molecule has 0 aromatic rings. The molecule has 0 bridgehead atoms. The third-order valence-electron chi connectivity index (χ3n) is 2.32. The molecule has 0 radical (unpaired) electrons. The molecule has 0 aliphatic rings. The highest BCUT2D eigenvalue weighted by Gasteiger charge is 1.95. The molecule has 0 saturated carbocycles. The number of hydrogen-bond acceptors (Lipinski definition) is 5. The minimum absolute atomic E-state index is 0.152. The van der Waals surface area contributed by atoms with E-state index in [1.54, 1.807) is 0 Å². The number of rotatable bonds is 11. The van der Waals surface area contributed by atoms with Gasteiger partial charge in [-0.25, -0.2) is 10.1 Å². The molecule has 0 aliphatic heterocycles. The minimum Gasteiger partial charge on any atom is -0.316 e. The monoisotopic (exact) mass is 220 g/mol. The van der Waals surface area contributed by atoms with Crippen molar-refractivity contribution in [1.29, 1.82) is 0 Å². The molecule has 0 spiro atoms. The summed E-state index contributed by atoms with van der Waals surface area (Å²) in [6, 6.07) is 0. The fourth-order valence-corrected chi connectivity index (χ4v) is 1.46. The molecule has 0 rings (SSSR count). The first-order valence-corrected chi connectivity index (χ1v) is 5.71. The number of nitrogens with two attached hydrogens (primary N) is 2. The Kier molecular flexibility index (Phi) is 11.7. The molecule has 5 heteroatoms. The average Bonchev–Trinajstić information content (AvgIpc) is 2.20. The van der Waals surface area contributed by atoms with Gasteiger partial charge in [0, 0.05) is 0 Å². The smallest absolute Gasteiger partial charge is 0.0853 e. The first kappa shape index (κ1) is 14.8. The van der Waals surface area contributed by atoms with E-state index in [4.69, 9.17) is 16.7 Å². The predicted molar refractivity (Wildman–Crippen MR) is 58.8 cm³/mol. The third-order valence-corrected chi connectivity index (χ3v) is 2.32. The normalized spacial score (nSPS) is 11.2. The maximum Gasteiger partial charge on any atom is 0.0853 e. The maximum atomic E-state index is 7.87. The number of unbranched alkanes of at least 4 members (excludes halogenated alkanes) is 6. The van der Waals surface area contributed by atoms with Gasteiger partial charge in [-0.05, 0) is 12.8 Å². The van der Waals surface area contributed by atoms with Crippen LogP contribution in [0.3, 0.4) is 0 Å². The van der Waals surface area contributed by atoms with Crippen LogP contribution in [0.1, 0.15) is 51.4 Å². The van der Waals surface area contributed by atoms with Crippen molar-refractivity contribution in [2.75, 3.05) is 6.61 Å². The molecule has 15 heavy (non-hydrogen) atoms. The largest absolute Gasteiger partial charge is 0.316 e. The lowest BCUT2D eigenvalue weighted by molar-refractivity contribution is -0.490. The quantitative estimate of drug-likeness (QED) is 0.214. The minimum atomic E-state index is -0.152. The van der Waals surface area contributed by atoms with E-state index in [-0.39, 0.29) is 6.17 Å². The molecule has 0 unspecified atom stereocenters. The van der Waals surface area contributed by atoms with Crippen LogP contribution >= 0.6 is 0 Å². The van der Waals surface area contributed by atoms with Crippen molar-refractivity contribution < 1.29 is 15.2 Å². The second kappa shape index (κ2) is 11.9. The molecule has 5 N–H and O–H groups in total. The summed E-state index contributed by atoms with van der Waals surface area (Å²) in [4.78, 5) is 4.33. The Balaban J connectivity index is 2.87. The molecule has 0 aliphatic carbocycles. The van der Waals surface area contributed by atoms with Crippen LogP contribution in [-0.4, -0.2) is 18.0 Å². The molecule has 92 valence electrons. The maximum absolute atomic E-state index is 7.87. The fraction of sp³-hybridized carbons (Fsp3) is 1.00. The van der Waals surface area contributed by atoms with Crippen LogP contribution in [0, 0.1) is 0 Å². The van der Waals surface area contributed by atoms with Gasteiger partial charge in [-0.1, -0.05) is 43.6 Å². The Morgan fingerprint density at radius 3 is 1.93 bits per heavy atom. The van der Waals surface area contributed by atoms with E-state index in [1.807, 2.05) is 0 Å². The van der Waals surface area contributed by atoms with Crippen molar-refractivity contribution in [2.24, 2.45) is 11.5 Å². The highest BCUT2D eigenvalue weighted by Crippen LogP contribution is 2.08. The van der Waals surface area contributed by atoms with Gasteiger partial charge in [-0.15, -0.1) is 0 Å². The van der Waals surface area contributed by atoms with Crippen LogP contribution in [0.5, 0.6) is 0 Å². The average molecular weight is 220 g/mol. The Morgan fingerprint density at radius 2 is 1.40 bits per heavy atom. The van der Waals surface area contributed by atoms with Crippen molar-refractivity contribution in [3.63, 3.8) is 0 Å². The van der Waals surface area contributed by atoms with E-state index in [0.717, 1.165) is 25.7 Å². The summed E-state index contributed by atoms with van der Waals surface area (Å²) >= 11 is 0. The van der Waals surface area contributed by atoms with Gasteiger partial charge in [0.15, 0.2) is 0 Å². The van der Waals surface area contributed by atoms with Gasteiger partial charge in [-0.3, -0.25) is 0 Å². The van der Waals surface area contributed by atoms with E-state index >= 15 is 0 Å². The summed E-state index contributed by atoms with van der Waals surface area (Å²) in [6.45, 7) is 0.457. The van der Waals surface area contributed by atoms with Crippen LogP contribution < -0.4 is 11.5 Å². The summed E-state index contributed by atoms with van der Waals surface area (Å²) in [6.07, 6.45) is 8.81. The lowest BCUT2D eigenvalue weighted by atomic mass is 10.1. The number of hydrogen-bond donors (Lipinski definition) is 3. The van der Waals surface area contributed by atoms with E-state index < -0.39 is 0 Å². The van der Waals surface area contributed by atoms with Gasteiger partial charge >= 0.3 is 0 Å². The van der Waals surface area contributed by atoms with Crippen LogP contribution in [0.25, 0.3) is 0 Å². The zero-order chi connectivity index (χ0) is 11.4. The molecule has 0 fully saturated rings. The topological polar surface area (TPSA) is 90.7 Å². The van der Waals surface area contributed by atoms with Crippen molar-refractivity contribution in [2.45, 2.75) is 57.5 Å². The van der Waals surface area contributed by atoms with Crippen molar-refractivity contribution >= 4 is 0 Å². The molecule has 0 aromatic heterocycles. The van der Waals surface area contributed by atoms with E-state index in [0.29, 0.717) is 6.61 Å². The van der Waals surface area contributed by atoms with Gasteiger partial charge in [0.05, 0.1) is 12.8 Å². The zero-order valence-corrected chi connectivity index (χ0v) is 9.36. The first-order valence-electron chi connectivity index (χ1n) is 5.71. The van der Waals surface area contributed by atoms with Crippen LogP contribution in [0.4, 0.5) is 0 Å². The van der Waals surface area contributed by atoms with E-state index in [9.17, 15) is 0 Å². The van der Waals surface area contributed by atoms with E-state index in [1.165, 1.54) is 25.7 Å². The van der Waals surface area contributed by atoms with E-state index in [2.05, 4.69) is 9.93 Å². The molecule has 5 nitrogen and oxygen atoms in total. The van der Waals surface area contributed by atoms with Gasteiger partial charge < -0.3 is 11.5 Å². The summed E-state index contributed by atoms with van der Waals surface area (Å²) in [5.41, 5.74) is 10.9. The van der Waals surface area contributed by atoms with Crippen molar-refractivity contribution in [1.82, 2.24) is 0 Å². The lowest BCUT2D eigenvalue weighted by Gasteiger charge is -2.04. The molecule has 0 saturated heterocycles. The summed E-state index contributed by atoms with van der Waals surface area (Å²) in [7, 11) is 0. The molecule has 0 aromatic carbocycles. The second-order valence-corrected chi connectivity index (χ2v) is 3.82. The molecular weight excluding hydrogens is 196 g/mol. The fourth-order valence-electron chi connectivity index (χ4n) is 1.46. The molecule has 0 heterocycles. The van der Waals surface area contributed by atoms with Gasteiger partial charge in [0.1, 0.15) is 0 Å². The van der Waals surface area contributed by atoms with Gasteiger partial charge in [0.25, 0.3) is 0 Å². The van der Waals surface area contributed by atoms with Gasteiger partial charge in [-0.2, -0.15) is 0 Å². The molecule has 0 atom stereocenters. The summed E-state index contributed by atoms with van der Waals surface area (Å²) < 4.78 is 0. The summed E-state index contributed by atoms with van der Waals surface area (Å²) in [5, 5.41) is 11.4. The predicted octanol–water partition coefficient (Wildman–Crippen LogP) is 1.77. The molecule has 0 amide bonds. The Morgan fingerprint density at radius 1 is 0.867 bits per heavy atom. The lowest BCUT2D eigenvalue weighted by Crippen LogP contribution is -2.29. The zero-order valence-electron chi connectivity index (χ0n) is 9.36. The SMILES string of the molecule is NC(N)CCCCCCCCCOOO. The Bertz CT molecular complexity index is 123.